The molecular weight excluding hydrogens is 615 g/mol. The number of rotatable bonds is 8. The number of ether oxygens (including phenoxy) is 5. The van der Waals surface area contributed by atoms with E-state index in [0.29, 0.717) is 78.0 Å². The van der Waals surface area contributed by atoms with E-state index in [-0.39, 0.29) is 49.1 Å². The van der Waals surface area contributed by atoms with Crippen LogP contribution in [-0.2, 0) is 15.9 Å². The molecule has 3 saturated heterocycles. The highest BCUT2D eigenvalue weighted by Crippen LogP contribution is 2.45. The van der Waals surface area contributed by atoms with Gasteiger partial charge in [-0.05, 0) is 60.3 Å². The SMILES string of the molecule is CCc1c(F)ccc2cc(OCOC)cc(-c3nc4c5c(nc(OC[C@@]67CCCN6C[C@H](F)C7)nc5c3F)N3CCOC[C@H]3CO4)c12. The quantitative estimate of drug-likeness (QED) is 0.236. The molecule has 0 aliphatic carbocycles. The minimum atomic E-state index is -0.919. The van der Waals surface area contributed by atoms with E-state index in [9.17, 15) is 4.39 Å². The number of hydrogen-bond acceptors (Lipinski definition) is 10. The fraction of sp³-hybridized carbons (Fsp3) is 0.500. The van der Waals surface area contributed by atoms with Crippen LogP contribution in [0.25, 0.3) is 32.9 Å². The van der Waals surface area contributed by atoms with Crippen LogP contribution < -0.4 is 19.1 Å². The monoisotopic (exact) mass is 651 g/mol. The van der Waals surface area contributed by atoms with Crippen LogP contribution in [0.5, 0.6) is 17.6 Å². The van der Waals surface area contributed by atoms with E-state index < -0.39 is 23.3 Å². The number of nitrogens with zero attached hydrogens (tertiary/aromatic N) is 5. The summed E-state index contributed by atoms with van der Waals surface area (Å²) in [6.07, 6.45) is 1.60. The maximum absolute atomic E-state index is 17.1. The molecule has 2 aromatic carbocycles. The second kappa shape index (κ2) is 11.9. The fourth-order valence-corrected chi connectivity index (χ4v) is 7.78. The van der Waals surface area contributed by atoms with E-state index in [2.05, 4.69) is 9.88 Å². The normalized spacial score (nSPS) is 23.9. The first-order valence-electron chi connectivity index (χ1n) is 16.2. The van der Waals surface area contributed by atoms with E-state index in [1.807, 2.05) is 11.8 Å². The summed E-state index contributed by atoms with van der Waals surface area (Å²) in [5.74, 6) is -0.117. The molecule has 10 nitrogen and oxygen atoms in total. The van der Waals surface area contributed by atoms with Crippen molar-refractivity contribution < 1.29 is 36.9 Å². The molecule has 8 rings (SSSR count). The van der Waals surface area contributed by atoms with Crippen molar-refractivity contribution in [2.75, 3.05) is 64.9 Å². The summed E-state index contributed by atoms with van der Waals surface area (Å²) in [7, 11) is 1.50. The van der Waals surface area contributed by atoms with Gasteiger partial charge in [-0.25, -0.2) is 18.2 Å². The van der Waals surface area contributed by atoms with Crippen molar-refractivity contribution in [1.29, 1.82) is 0 Å². The highest BCUT2D eigenvalue weighted by Gasteiger charge is 2.49. The summed E-state index contributed by atoms with van der Waals surface area (Å²) in [5, 5.41) is 1.50. The number of aromatic nitrogens is 3. The summed E-state index contributed by atoms with van der Waals surface area (Å²) >= 11 is 0. The summed E-state index contributed by atoms with van der Waals surface area (Å²) in [6, 6.07) is 6.23. The number of benzene rings is 2. The van der Waals surface area contributed by atoms with Crippen molar-refractivity contribution in [3.05, 3.63) is 41.5 Å². The summed E-state index contributed by atoms with van der Waals surface area (Å²) in [6.45, 7) is 4.79. The van der Waals surface area contributed by atoms with Crippen LogP contribution in [0, 0.1) is 11.6 Å². The van der Waals surface area contributed by atoms with Gasteiger partial charge in [0.2, 0.25) is 5.88 Å². The van der Waals surface area contributed by atoms with Gasteiger partial charge in [0.25, 0.3) is 0 Å². The third-order valence-electron chi connectivity index (χ3n) is 9.95. The average molecular weight is 652 g/mol. The van der Waals surface area contributed by atoms with Crippen LogP contribution >= 0.6 is 0 Å². The number of alkyl halides is 1. The Morgan fingerprint density at radius 3 is 2.81 bits per heavy atom. The lowest BCUT2D eigenvalue weighted by molar-refractivity contribution is 0.0512. The first-order chi connectivity index (χ1) is 22.9. The lowest BCUT2D eigenvalue weighted by Crippen LogP contribution is -2.48. The second-order valence-corrected chi connectivity index (χ2v) is 12.7. The molecule has 4 aliphatic heterocycles. The molecule has 248 valence electrons. The van der Waals surface area contributed by atoms with Crippen molar-refractivity contribution in [3.63, 3.8) is 0 Å². The van der Waals surface area contributed by atoms with Crippen molar-refractivity contribution in [3.8, 4) is 28.9 Å². The molecular formula is C34H36F3N5O5. The lowest BCUT2D eigenvalue weighted by atomic mass is 9.94. The fourth-order valence-electron chi connectivity index (χ4n) is 7.78. The van der Waals surface area contributed by atoms with E-state index >= 15 is 8.78 Å². The molecule has 0 N–H and O–H groups in total. The predicted molar refractivity (Wildman–Crippen MR) is 168 cm³/mol. The topological polar surface area (TPSA) is 91.3 Å². The molecule has 0 unspecified atom stereocenters. The van der Waals surface area contributed by atoms with E-state index in [1.165, 1.54) is 13.2 Å². The van der Waals surface area contributed by atoms with Crippen molar-refractivity contribution in [2.24, 2.45) is 0 Å². The van der Waals surface area contributed by atoms with Crippen LogP contribution in [0.2, 0.25) is 0 Å². The Morgan fingerprint density at radius 2 is 1.96 bits per heavy atom. The first kappa shape index (κ1) is 30.4. The van der Waals surface area contributed by atoms with Gasteiger partial charge in [0.05, 0.1) is 24.8 Å². The summed E-state index contributed by atoms with van der Waals surface area (Å²) in [5.41, 5.74) is 0.222. The van der Waals surface area contributed by atoms with Crippen molar-refractivity contribution >= 4 is 27.5 Å². The molecule has 4 aromatic rings. The van der Waals surface area contributed by atoms with Gasteiger partial charge in [-0.3, -0.25) is 4.90 Å². The molecule has 2 aromatic heterocycles. The Morgan fingerprint density at radius 1 is 1.06 bits per heavy atom. The number of morpholine rings is 1. The Bertz CT molecular complexity index is 1860. The zero-order valence-electron chi connectivity index (χ0n) is 26.4. The van der Waals surface area contributed by atoms with Crippen molar-refractivity contribution in [1.82, 2.24) is 19.9 Å². The van der Waals surface area contributed by atoms with E-state index in [4.69, 9.17) is 33.7 Å². The molecule has 0 spiro atoms. The average Bonchev–Trinajstić information content (AvgIpc) is 3.56. The zero-order chi connectivity index (χ0) is 32.3. The number of aryl methyl sites for hydroxylation is 1. The van der Waals surface area contributed by atoms with Gasteiger partial charge in [-0.1, -0.05) is 13.0 Å². The number of hydrogen-bond donors (Lipinski definition) is 0. The maximum atomic E-state index is 17.1. The Kier molecular flexibility index (Phi) is 7.72. The number of fused-ring (bicyclic) bond motifs is 4. The van der Waals surface area contributed by atoms with Crippen LogP contribution in [0.15, 0.2) is 24.3 Å². The van der Waals surface area contributed by atoms with Crippen LogP contribution in [0.3, 0.4) is 0 Å². The molecule has 3 fully saturated rings. The van der Waals surface area contributed by atoms with Gasteiger partial charge >= 0.3 is 6.01 Å². The zero-order valence-corrected chi connectivity index (χ0v) is 26.4. The van der Waals surface area contributed by atoms with E-state index in [0.717, 1.165) is 19.4 Å². The molecule has 0 bridgehead atoms. The van der Waals surface area contributed by atoms with Crippen LogP contribution in [0.4, 0.5) is 19.0 Å². The predicted octanol–water partition coefficient (Wildman–Crippen LogP) is 5.22. The number of halogens is 3. The summed E-state index contributed by atoms with van der Waals surface area (Å²) < 4.78 is 76.0. The third kappa shape index (κ3) is 5.10. The highest BCUT2D eigenvalue weighted by molar-refractivity contribution is 6.03. The molecule has 0 amide bonds. The van der Waals surface area contributed by atoms with Gasteiger partial charge in [-0.15, -0.1) is 0 Å². The third-order valence-corrected chi connectivity index (χ3v) is 9.95. The number of anilines is 1. The molecule has 0 saturated carbocycles. The highest BCUT2D eigenvalue weighted by atomic mass is 19.1. The lowest BCUT2D eigenvalue weighted by Gasteiger charge is -2.35. The van der Waals surface area contributed by atoms with Gasteiger partial charge in [0.1, 0.15) is 53.4 Å². The number of methoxy groups -OCH3 is 1. The second-order valence-electron chi connectivity index (χ2n) is 12.7. The Balaban J connectivity index is 1.32. The Labute approximate surface area is 269 Å². The smallest absolute Gasteiger partial charge is 0.319 e. The molecule has 13 heteroatoms. The van der Waals surface area contributed by atoms with Gasteiger partial charge < -0.3 is 28.6 Å². The first-order valence-corrected chi connectivity index (χ1v) is 16.2. The largest absolute Gasteiger partial charge is 0.475 e. The molecule has 4 aliphatic rings. The molecule has 0 radical (unpaired) electrons. The van der Waals surface area contributed by atoms with Crippen molar-refractivity contribution in [2.45, 2.75) is 50.4 Å². The minimum absolute atomic E-state index is 0.00694. The molecule has 47 heavy (non-hydrogen) atoms. The Hall–Kier alpha value is -3.94. The van der Waals surface area contributed by atoms with E-state index in [1.54, 1.807) is 18.2 Å². The summed E-state index contributed by atoms with van der Waals surface area (Å²) in [4.78, 5) is 18.3. The van der Waals surface area contributed by atoms with Crippen LogP contribution in [-0.4, -0.2) is 97.6 Å². The van der Waals surface area contributed by atoms with Crippen LogP contribution in [0.1, 0.15) is 31.7 Å². The molecule has 3 atom stereocenters. The number of pyridine rings is 1. The minimum Gasteiger partial charge on any atom is -0.475 e. The standard InChI is InChI=1S/C34H36F3N5O5/c1-3-23-25(36)6-5-19-11-22(47-18-43-2)12-24(26(19)23)29-28(37)30-27-31(42-9-10-44-15-21(42)16-45-32(27)38-29)40-33(39-30)46-17-34-7-4-8-41(34)14-20(35)13-34/h5-6,11-12,20-21H,3-4,7-10,13-18H2,1-2H3/t20-,21+,34+/m1/s1. The van der Waals surface area contributed by atoms with Gasteiger partial charge in [0.15, 0.2) is 12.6 Å². The van der Waals surface area contributed by atoms with Gasteiger partial charge in [0, 0.05) is 32.2 Å². The maximum Gasteiger partial charge on any atom is 0.319 e. The molecule has 6 heterocycles. The van der Waals surface area contributed by atoms with Gasteiger partial charge in [-0.2, -0.15) is 9.97 Å².